The summed E-state index contributed by atoms with van der Waals surface area (Å²) in [4.78, 5) is 19.7. The molecule has 1 aliphatic rings. The zero-order valence-corrected chi connectivity index (χ0v) is 12.7. The Morgan fingerprint density at radius 2 is 2.45 bits per heavy atom. The van der Waals surface area contributed by atoms with Crippen LogP contribution >= 0.6 is 11.3 Å². The van der Waals surface area contributed by atoms with Crippen LogP contribution in [0.5, 0.6) is 0 Å². The van der Waals surface area contributed by atoms with Crippen molar-refractivity contribution in [3.8, 4) is 0 Å². The zero-order valence-electron chi connectivity index (χ0n) is 11.9. The molecule has 1 atom stereocenters. The molecule has 2 aromatic heterocycles. The number of hydrogen-bond donors (Lipinski definition) is 1. The number of nitrogens with zero attached hydrogens (tertiary/aromatic N) is 3. The average molecular weight is 292 g/mol. The SMILES string of the molecule is Cc1csc2nc(CN(C)CC3CCCN3)cc(=O)n12. The van der Waals surface area contributed by atoms with Gasteiger partial charge in [-0.3, -0.25) is 14.1 Å². The summed E-state index contributed by atoms with van der Waals surface area (Å²) in [5, 5.41) is 5.46. The summed E-state index contributed by atoms with van der Waals surface area (Å²) in [6.45, 7) is 4.79. The standard InChI is InChI=1S/C14H20N4OS/c1-10-9-20-14-16-12(6-13(19)18(10)14)8-17(2)7-11-4-3-5-15-11/h6,9,11,15H,3-5,7-8H2,1-2H3. The van der Waals surface area contributed by atoms with Gasteiger partial charge in [-0.2, -0.15) is 0 Å². The van der Waals surface area contributed by atoms with Crippen LogP contribution in [0.1, 0.15) is 24.2 Å². The first kappa shape index (κ1) is 13.7. The van der Waals surface area contributed by atoms with E-state index in [1.807, 2.05) is 12.3 Å². The number of nitrogens with one attached hydrogen (secondary N) is 1. The fourth-order valence-electron chi connectivity index (χ4n) is 2.81. The Kier molecular flexibility index (Phi) is 3.87. The quantitative estimate of drug-likeness (QED) is 0.921. The van der Waals surface area contributed by atoms with E-state index in [9.17, 15) is 4.79 Å². The van der Waals surface area contributed by atoms with Gasteiger partial charge in [0.2, 0.25) is 0 Å². The lowest BCUT2D eigenvalue weighted by Crippen LogP contribution is -2.35. The lowest BCUT2D eigenvalue weighted by Gasteiger charge is -2.20. The van der Waals surface area contributed by atoms with E-state index in [1.54, 1.807) is 10.5 Å². The second-order valence-corrected chi connectivity index (χ2v) is 6.41. The molecule has 2 aromatic rings. The fraction of sp³-hybridized carbons (Fsp3) is 0.571. The van der Waals surface area contributed by atoms with E-state index in [0.717, 1.165) is 36.0 Å². The molecular weight excluding hydrogens is 272 g/mol. The first-order chi connectivity index (χ1) is 9.63. The summed E-state index contributed by atoms with van der Waals surface area (Å²) in [5.74, 6) is 0. The van der Waals surface area contributed by atoms with Crippen molar-refractivity contribution >= 4 is 16.3 Å². The number of thiazole rings is 1. The molecular formula is C14H20N4OS. The molecule has 1 aliphatic heterocycles. The highest BCUT2D eigenvalue weighted by Crippen LogP contribution is 2.13. The maximum absolute atomic E-state index is 12.1. The molecule has 0 saturated carbocycles. The van der Waals surface area contributed by atoms with Crippen LogP contribution in [0.2, 0.25) is 0 Å². The normalized spacial score (nSPS) is 19.2. The van der Waals surface area contributed by atoms with Gasteiger partial charge in [-0.05, 0) is 33.4 Å². The monoisotopic (exact) mass is 292 g/mol. The van der Waals surface area contributed by atoms with Gasteiger partial charge in [-0.15, -0.1) is 11.3 Å². The van der Waals surface area contributed by atoms with Crippen LogP contribution in [0.25, 0.3) is 4.96 Å². The van der Waals surface area contributed by atoms with Crippen molar-refractivity contribution in [2.75, 3.05) is 20.1 Å². The van der Waals surface area contributed by atoms with E-state index < -0.39 is 0 Å². The molecule has 0 radical (unpaired) electrons. The lowest BCUT2D eigenvalue weighted by molar-refractivity contribution is 0.290. The molecule has 108 valence electrons. The molecule has 0 aliphatic carbocycles. The molecule has 6 heteroatoms. The van der Waals surface area contributed by atoms with Gasteiger partial charge in [0.15, 0.2) is 4.96 Å². The van der Waals surface area contributed by atoms with Gasteiger partial charge >= 0.3 is 0 Å². The van der Waals surface area contributed by atoms with Crippen LogP contribution in [0.15, 0.2) is 16.2 Å². The fourth-order valence-corrected chi connectivity index (χ4v) is 3.70. The van der Waals surface area contributed by atoms with Crippen molar-refractivity contribution in [2.45, 2.75) is 32.4 Å². The third-order valence-corrected chi connectivity index (χ3v) is 4.70. The molecule has 1 saturated heterocycles. The number of fused-ring (bicyclic) bond motifs is 1. The predicted octanol–water partition coefficient (Wildman–Crippen LogP) is 1.25. The second-order valence-electron chi connectivity index (χ2n) is 5.57. The highest BCUT2D eigenvalue weighted by Gasteiger charge is 2.16. The first-order valence-electron chi connectivity index (χ1n) is 7.02. The first-order valence-corrected chi connectivity index (χ1v) is 7.90. The molecule has 3 heterocycles. The molecule has 5 nitrogen and oxygen atoms in total. The van der Waals surface area contributed by atoms with Crippen molar-refractivity contribution in [1.82, 2.24) is 19.6 Å². The van der Waals surface area contributed by atoms with Gasteiger partial charge < -0.3 is 5.32 Å². The minimum atomic E-state index is 0.0242. The van der Waals surface area contributed by atoms with Crippen molar-refractivity contribution < 1.29 is 0 Å². The Hall–Kier alpha value is -1.24. The lowest BCUT2D eigenvalue weighted by atomic mass is 10.2. The molecule has 1 unspecified atom stereocenters. The number of aromatic nitrogens is 2. The summed E-state index contributed by atoms with van der Waals surface area (Å²) in [7, 11) is 2.09. The van der Waals surface area contributed by atoms with E-state index in [0.29, 0.717) is 6.04 Å². The van der Waals surface area contributed by atoms with Crippen LogP contribution in [-0.2, 0) is 6.54 Å². The Labute approximate surface area is 122 Å². The van der Waals surface area contributed by atoms with Crippen molar-refractivity contribution in [1.29, 1.82) is 0 Å². The third kappa shape index (κ3) is 2.77. The Bertz CT molecular complexity index is 657. The number of likely N-dealkylation sites (N-methyl/N-ethyl adjacent to an activating group) is 1. The van der Waals surface area contributed by atoms with Crippen LogP contribution in [0, 0.1) is 6.92 Å². The average Bonchev–Trinajstić information content (AvgIpc) is 2.99. The Morgan fingerprint density at radius 1 is 1.60 bits per heavy atom. The highest BCUT2D eigenvalue weighted by molar-refractivity contribution is 7.15. The molecule has 3 rings (SSSR count). The number of hydrogen-bond acceptors (Lipinski definition) is 5. The van der Waals surface area contributed by atoms with Crippen molar-refractivity contribution in [2.24, 2.45) is 0 Å². The summed E-state index contributed by atoms with van der Waals surface area (Å²) < 4.78 is 1.67. The third-order valence-electron chi connectivity index (χ3n) is 3.75. The van der Waals surface area contributed by atoms with Gasteiger partial charge in [0.25, 0.3) is 5.56 Å². The molecule has 0 spiro atoms. The number of aryl methyl sites for hydroxylation is 1. The van der Waals surface area contributed by atoms with Gasteiger partial charge in [-0.1, -0.05) is 0 Å². The van der Waals surface area contributed by atoms with E-state index in [-0.39, 0.29) is 5.56 Å². The minimum absolute atomic E-state index is 0.0242. The van der Waals surface area contributed by atoms with Gasteiger partial charge in [0.05, 0.1) is 5.69 Å². The Balaban J connectivity index is 1.75. The minimum Gasteiger partial charge on any atom is -0.313 e. The van der Waals surface area contributed by atoms with Crippen molar-refractivity contribution in [3.05, 3.63) is 33.2 Å². The molecule has 20 heavy (non-hydrogen) atoms. The zero-order chi connectivity index (χ0) is 14.1. The molecule has 1 N–H and O–H groups in total. The Morgan fingerprint density at radius 3 is 3.20 bits per heavy atom. The summed E-state index contributed by atoms with van der Waals surface area (Å²) >= 11 is 1.52. The highest BCUT2D eigenvalue weighted by atomic mass is 32.1. The van der Waals surface area contributed by atoms with Gasteiger partial charge in [0, 0.05) is 36.3 Å². The van der Waals surface area contributed by atoms with E-state index in [2.05, 4.69) is 22.2 Å². The summed E-state index contributed by atoms with van der Waals surface area (Å²) in [6, 6.07) is 2.24. The molecule has 0 aromatic carbocycles. The summed E-state index contributed by atoms with van der Waals surface area (Å²) in [5.41, 5.74) is 1.84. The van der Waals surface area contributed by atoms with Crippen LogP contribution < -0.4 is 10.9 Å². The van der Waals surface area contributed by atoms with E-state index >= 15 is 0 Å². The maximum atomic E-state index is 12.1. The van der Waals surface area contributed by atoms with E-state index in [4.69, 9.17) is 0 Å². The van der Waals surface area contributed by atoms with E-state index in [1.165, 1.54) is 24.2 Å². The van der Waals surface area contributed by atoms with Crippen LogP contribution in [0.3, 0.4) is 0 Å². The topological polar surface area (TPSA) is 49.6 Å². The predicted molar refractivity (Wildman–Crippen MR) is 81.4 cm³/mol. The summed E-state index contributed by atoms with van der Waals surface area (Å²) in [6.07, 6.45) is 2.50. The van der Waals surface area contributed by atoms with Gasteiger partial charge in [0.1, 0.15) is 0 Å². The van der Waals surface area contributed by atoms with Crippen LogP contribution in [-0.4, -0.2) is 40.5 Å². The van der Waals surface area contributed by atoms with Crippen molar-refractivity contribution in [3.63, 3.8) is 0 Å². The largest absolute Gasteiger partial charge is 0.313 e. The van der Waals surface area contributed by atoms with Gasteiger partial charge in [-0.25, -0.2) is 4.98 Å². The van der Waals surface area contributed by atoms with Crippen LogP contribution in [0.4, 0.5) is 0 Å². The molecule has 1 fully saturated rings. The second kappa shape index (κ2) is 5.63. The molecule has 0 amide bonds. The maximum Gasteiger partial charge on any atom is 0.259 e. The molecule has 0 bridgehead atoms. The number of rotatable bonds is 4. The smallest absolute Gasteiger partial charge is 0.259 e.